The molecule has 1 aromatic carbocycles. The number of amides is 1. The first-order valence-electron chi connectivity index (χ1n) is 6.86. The van der Waals surface area contributed by atoms with Crippen LogP contribution in [0.4, 0.5) is 5.69 Å². The number of nitrogen functional groups attached to an aromatic ring is 1. The van der Waals surface area contributed by atoms with Crippen LogP contribution in [0.2, 0.25) is 0 Å². The molecule has 3 N–H and O–H groups in total. The number of anilines is 1. The predicted octanol–water partition coefficient (Wildman–Crippen LogP) is 2.86. The van der Waals surface area contributed by atoms with Crippen LogP contribution in [0.5, 0.6) is 0 Å². The van der Waals surface area contributed by atoms with Crippen LogP contribution in [-0.4, -0.2) is 5.91 Å². The van der Waals surface area contributed by atoms with Crippen molar-refractivity contribution in [2.75, 3.05) is 5.73 Å². The van der Waals surface area contributed by atoms with E-state index >= 15 is 0 Å². The van der Waals surface area contributed by atoms with E-state index in [-0.39, 0.29) is 5.91 Å². The zero-order valence-corrected chi connectivity index (χ0v) is 10.8. The first-order valence-corrected chi connectivity index (χ1v) is 6.86. The maximum atomic E-state index is 11.7. The molecule has 1 saturated carbocycles. The zero-order valence-electron chi connectivity index (χ0n) is 10.8. The second-order valence-corrected chi connectivity index (χ2v) is 5.16. The Morgan fingerprint density at radius 3 is 2.72 bits per heavy atom. The fourth-order valence-electron chi connectivity index (χ4n) is 2.61. The second-order valence-electron chi connectivity index (χ2n) is 5.16. The van der Waals surface area contributed by atoms with E-state index < -0.39 is 0 Å². The number of carbonyl (C=O) groups is 1. The normalized spacial score (nSPS) is 15.8. The van der Waals surface area contributed by atoms with Crippen LogP contribution >= 0.6 is 0 Å². The topological polar surface area (TPSA) is 55.1 Å². The van der Waals surface area contributed by atoms with E-state index in [1.165, 1.54) is 25.7 Å². The quantitative estimate of drug-likeness (QED) is 0.785. The Balaban J connectivity index is 1.69. The number of hydrogen-bond acceptors (Lipinski definition) is 2. The summed E-state index contributed by atoms with van der Waals surface area (Å²) in [6.45, 7) is 0.538. The van der Waals surface area contributed by atoms with Gasteiger partial charge in [0.15, 0.2) is 0 Å². The number of carbonyl (C=O) groups excluding carboxylic acids is 1. The summed E-state index contributed by atoms with van der Waals surface area (Å²) in [6.07, 6.45) is 6.98. The van der Waals surface area contributed by atoms with Gasteiger partial charge in [-0.3, -0.25) is 4.79 Å². The van der Waals surface area contributed by atoms with E-state index in [0.29, 0.717) is 13.0 Å². The lowest BCUT2D eigenvalue weighted by Gasteiger charge is -2.10. The lowest BCUT2D eigenvalue weighted by molar-refractivity contribution is -0.121. The van der Waals surface area contributed by atoms with Gasteiger partial charge in [-0.1, -0.05) is 43.9 Å². The monoisotopic (exact) mass is 246 g/mol. The molecule has 0 heterocycles. The standard InChI is InChI=1S/C15H22N2O/c16-14-8-4-3-7-13(14)11-17-15(18)10-9-12-5-1-2-6-12/h3-4,7-8,12H,1-2,5-6,9-11,16H2,(H,17,18). The first-order chi connectivity index (χ1) is 8.75. The molecule has 3 nitrogen and oxygen atoms in total. The largest absolute Gasteiger partial charge is 0.398 e. The lowest BCUT2D eigenvalue weighted by Crippen LogP contribution is -2.23. The van der Waals surface area contributed by atoms with Crippen LogP contribution in [0.15, 0.2) is 24.3 Å². The molecular weight excluding hydrogens is 224 g/mol. The Bertz CT molecular complexity index is 397. The van der Waals surface area contributed by atoms with Gasteiger partial charge in [0, 0.05) is 18.7 Å². The highest BCUT2D eigenvalue weighted by molar-refractivity contribution is 5.76. The molecule has 3 heteroatoms. The minimum absolute atomic E-state index is 0.144. The van der Waals surface area contributed by atoms with Gasteiger partial charge < -0.3 is 11.1 Å². The minimum atomic E-state index is 0.144. The fraction of sp³-hybridized carbons (Fsp3) is 0.533. The molecule has 1 fully saturated rings. The van der Waals surface area contributed by atoms with Crippen molar-refractivity contribution < 1.29 is 4.79 Å². The molecule has 0 bridgehead atoms. The molecule has 0 aromatic heterocycles. The molecule has 0 saturated heterocycles. The van der Waals surface area contributed by atoms with Crippen molar-refractivity contribution in [2.24, 2.45) is 5.92 Å². The fourth-order valence-corrected chi connectivity index (χ4v) is 2.61. The van der Waals surface area contributed by atoms with Gasteiger partial charge in [-0.25, -0.2) is 0 Å². The molecule has 1 aromatic rings. The summed E-state index contributed by atoms with van der Waals surface area (Å²) in [7, 11) is 0. The van der Waals surface area contributed by atoms with E-state index in [9.17, 15) is 4.79 Å². The Hall–Kier alpha value is -1.51. The van der Waals surface area contributed by atoms with Crippen molar-refractivity contribution in [1.29, 1.82) is 0 Å². The number of benzene rings is 1. The smallest absolute Gasteiger partial charge is 0.220 e. The summed E-state index contributed by atoms with van der Waals surface area (Å²) in [5, 5.41) is 2.94. The average molecular weight is 246 g/mol. The van der Waals surface area contributed by atoms with Crippen molar-refractivity contribution in [3.63, 3.8) is 0 Å². The third kappa shape index (κ3) is 3.76. The van der Waals surface area contributed by atoms with Crippen LogP contribution < -0.4 is 11.1 Å². The summed E-state index contributed by atoms with van der Waals surface area (Å²) < 4.78 is 0. The Morgan fingerprint density at radius 2 is 2.00 bits per heavy atom. The van der Waals surface area contributed by atoms with E-state index in [0.717, 1.165) is 23.6 Å². The van der Waals surface area contributed by atoms with E-state index in [2.05, 4.69) is 5.32 Å². The highest BCUT2D eigenvalue weighted by atomic mass is 16.1. The van der Waals surface area contributed by atoms with Gasteiger partial charge in [0.25, 0.3) is 0 Å². The third-order valence-electron chi connectivity index (χ3n) is 3.79. The molecule has 18 heavy (non-hydrogen) atoms. The number of nitrogens with one attached hydrogen (secondary N) is 1. The zero-order chi connectivity index (χ0) is 12.8. The maximum absolute atomic E-state index is 11.7. The molecule has 2 rings (SSSR count). The summed E-state index contributed by atoms with van der Waals surface area (Å²) in [5.74, 6) is 0.919. The number of nitrogens with two attached hydrogens (primary N) is 1. The van der Waals surface area contributed by atoms with Crippen LogP contribution in [0.25, 0.3) is 0 Å². The van der Waals surface area contributed by atoms with Crippen LogP contribution in [0.3, 0.4) is 0 Å². The molecule has 1 amide bonds. The lowest BCUT2D eigenvalue weighted by atomic mass is 10.0. The highest BCUT2D eigenvalue weighted by Gasteiger charge is 2.15. The highest BCUT2D eigenvalue weighted by Crippen LogP contribution is 2.28. The van der Waals surface area contributed by atoms with Gasteiger partial charge in [-0.2, -0.15) is 0 Å². The van der Waals surface area contributed by atoms with Gasteiger partial charge in [-0.05, 0) is 24.0 Å². The second kappa shape index (κ2) is 6.43. The van der Waals surface area contributed by atoms with Gasteiger partial charge in [-0.15, -0.1) is 0 Å². The molecule has 0 spiro atoms. The number of rotatable bonds is 5. The van der Waals surface area contributed by atoms with Crippen molar-refractivity contribution in [3.05, 3.63) is 29.8 Å². The van der Waals surface area contributed by atoms with Crippen LogP contribution in [-0.2, 0) is 11.3 Å². The molecule has 0 unspecified atom stereocenters. The van der Waals surface area contributed by atoms with Crippen LogP contribution in [0, 0.1) is 5.92 Å². The van der Waals surface area contributed by atoms with E-state index in [1.54, 1.807) is 0 Å². The van der Waals surface area contributed by atoms with E-state index in [4.69, 9.17) is 5.73 Å². The molecule has 0 atom stereocenters. The van der Waals surface area contributed by atoms with Crippen molar-refractivity contribution in [3.8, 4) is 0 Å². The van der Waals surface area contributed by atoms with Crippen molar-refractivity contribution in [1.82, 2.24) is 5.32 Å². The van der Waals surface area contributed by atoms with Gasteiger partial charge in [0.1, 0.15) is 0 Å². The van der Waals surface area contributed by atoms with Gasteiger partial charge >= 0.3 is 0 Å². The van der Waals surface area contributed by atoms with E-state index in [1.807, 2.05) is 24.3 Å². The molecular formula is C15H22N2O. The first kappa shape index (κ1) is 12.9. The molecule has 0 aliphatic heterocycles. The SMILES string of the molecule is Nc1ccccc1CNC(=O)CCC1CCCC1. The summed E-state index contributed by atoms with van der Waals surface area (Å²) >= 11 is 0. The molecule has 98 valence electrons. The third-order valence-corrected chi connectivity index (χ3v) is 3.79. The summed E-state index contributed by atoms with van der Waals surface area (Å²) in [5.41, 5.74) is 7.57. The van der Waals surface area contributed by atoms with Gasteiger partial charge in [0.05, 0.1) is 0 Å². The Labute approximate surface area is 109 Å². The molecule has 1 aliphatic carbocycles. The predicted molar refractivity (Wildman–Crippen MR) is 73.9 cm³/mol. The molecule has 1 aliphatic rings. The Morgan fingerprint density at radius 1 is 1.28 bits per heavy atom. The van der Waals surface area contributed by atoms with Crippen molar-refractivity contribution in [2.45, 2.75) is 45.1 Å². The Kier molecular flexibility index (Phi) is 4.62. The van der Waals surface area contributed by atoms with Crippen molar-refractivity contribution >= 4 is 11.6 Å². The molecule has 0 radical (unpaired) electrons. The number of para-hydroxylation sites is 1. The minimum Gasteiger partial charge on any atom is -0.398 e. The van der Waals surface area contributed by atoms with Crippen LogP contribution in [0.1, 0.15) is 44.1 Å². The average Bonchev–Trinajstić information content (AvgIpc) is 2.88. The summed E-state index contributed by atoms with van der Waals surface area (Å²) in [6, 6.07) is 7.66. The van der Waals surface area contributed by atoms with Gasteiger partial charge in [0.2, 0.25) is 5.91 Å². The number of hydrogen-bond donors (Lipinski definition) is 2. The summed E-state index contributed by atoms with van der Waals surface area (Å²) in [4.78, 5) is 11.7. The maximum Gasteiger partial charge on any atom is 0.220 e.